The fourth-order valence-electron chi connectivity index (χ4n) is 2.80. The van der Waals surface area contributed by atoms with Gasteiger partial charge in [0.25, 0.3) is 0 Å². The monoisotopic (exact) mass is 369 g/mol. The van der Waals surface area contributed by atoms with Gasteiger partial charge in [-0.05, 0) is 35.9 Å². The second-order valence-corrected chi connectivity index (χ2v) is 6.29. The molecule has 6 nitrogen and oxygen atoms in total. The Morgan fingerprint density at radius 2 is 2.15 bits per heavy atom. The zero-order valence-corrected chi connectivity index (χ0v) is 14.8. The van der Waals surface area contributed by atoms with Gasteiger partial charge in [0, 0.05) is 25.9 Å². The second kappa shape index (κ2) is 6.72. The summed E-state index contributed by atoms with van der Waals surface area (Å²) in [6.45, 7) is 0.692. The van der Waals surface area contributed by atoms with Crippen LogP contribution < -0.4 is 9.47 Å². The van der Waals surface area contributed by atoms with Crippen LogP contribution in [0.3, 0.4) is 0 Å². The van der Waals surface area contributed by atoms with Gasteiger partial charge in [-0.2, -0.15) is 0 Å². The van der Waals surface area contributed by atoms with Gasteiger partial charge in [-0.25, -0.2) is 4.98 Å². The molecule has 0 atom stereocenters. The zero-order valence-electron chi connectivity index (χ0n) is 14.1. The molecule has 0 unspecified atom stereocenters. The van der Waals surface area contributed by atoms with Crippen LogP contribution in [0.15, 0.2) is 48.7 Å². The fraction of sp³-hybridized carbons (Fsp3) is 0.158. The molecule has 2 aromatic heterocycles. The summed E-state index contributed by atoms with van der Waals surface area (Å²) in [7, 11) is 1.74. The standard InChI is InChI=1S/C19H16ClN3O3/c1-22(11-13-5-7-15-16(10-13)26-12-25-15)18(24)8-6-14-19(20)21-17-4-2-3-9-23(14)17/h2-10H,11-12H2,1H3/b8-6-. The van der Waals surface area contributed by atoms with E-state index in [1.165, 1.54) is 6.08 Å². The van der Waals surface area contributed by atoms with E-state index in [1.54, 1.807) is 18.0 Å². The first-order valence-electron chi connectivity index (χ1n) is 8.06. The molecule has 0 saturated carbocycles. The van der Waals surface area contributed by atoms with E-state index < -0.39 is 0 Å². The van der Waals surface area contributed by atoms with Gasteiger partial charge in [0.2, 0.25) is 12.7 Å². The van der Waals surface area contributed by atoms with Gasteiger partial charge in [0.1, 0.15) is 5.65 Å². The zero-order chi connectivity index (χ0) is 18.1. The number of aromatic nitrogens is 2. The lowest BCUT2D eigenvalue weighted by atomic mass is 10.2. The smallest absolute Gasteiger partial charge is 0.246 e. The number of hydrogen-bond donors (Lipinski definition) is 0. The molecule has 3 aromatic rings. The first-order chi connectivity index (χ1) is 12.6. The number of imidazole rings is 1. The normalized spacial score (nSPS) is 12.8. The van der Waals surface area contributed by atoms with Crippen molar-refractivity contribution in [1.82, 2.24) is 14.3 Å². The molecule has 0 aliphatic carbocycles. The van der Waals surface area contributed by atoms with E-state index in [0.29, 0.717) is 23.1 Å². The number of amides is 1. The van der Waals surface area contributed by atoms with E-state index in [9.17, 15) is 4.79 Å². The highest BCUT2D eigenvalue weighted by Crippen LogP contribution is 2.32. The number of likely N-dealkylation sites (N-methyl/N-ethyl adjacent to an activating group) is 1. The van der Waals surface area contributed by atoms with Gasteiger partial charge in [-0.3, -0.25) is 9.20 Å². The third-order valence-electron chi connectivity index (χ3n) is 4.14. The first-order valence-corrected chi connectivity index (χ1v) is 8.44. The van der Waals surface area contributed by atoms with Crippen LogP contribution in [0.2, 0.25) is 5.15 Å². The Labute approximate surface area is 155 Å². The average Bonchev–Trinajstić information content (AvgIpc) is 3.22. The lowest BCUT2D eigenvalue weighted by Crippen LogP contribution is -2.24. The number of fused-ring (bicyclic) bond motifs is 2. The van der Waals surface area contributed by atoms with Crippen LogP contribution in [0.25, 0.3) is 11.7 Å². The van der Waals surface area contributed by atoms with Crippen molar-refractivity contribution in [2.45, 2.75) is 6.54 Å². The van der Waals surface area contributed by atoms with Crippen LogP contribution in [-0.4, -0.2) is 34.0 Å². The third kappa shape index (κ3) is 3.11. The predicted octanol–water partition coefficient (Wildman–Crippen LogP) is 3.39. The van der Waals surface area contributed by atoms with Crippen molar-refractivity contribution < 1.29 is 14.3 Å². The first kappa shape index (κ1) is 16.5. The maximum Gasteiger partial charge on any atom is 0.246 e. The molecular weight excluding hydrogens is 354 g/mol. The Kier molecular flexibility index (Phi) is 4.26. The van der Waals surface area contributed by atoms with Gasteiger partial charge in [-0.15, -0.1) is 0 Å². The van der Waals surface area contributed by atoms with E-state index in [-0.39, 0.29) is 12.7 Å². The van der Waals surface area contributed by atoms with E-state index >= 15 is 0 Å². The van der Waals surface area contributed by atoms with Gasteiger partial charge in [0.05, 0.1) is 5.69 Å². The second-order valence-electron chi connectivity index (χ2n) is 5.93. The van der Waals surface area contributed by atoms with Crippen molar-refractivity contribution >= 4 is 29.2 Å². The number of carbonyl (C=O) groups excluding carboxylic acids is 1. The van der Waals surface area contributed by atoms with Crippen molar-refractivity contribution in [2.75, 3.05) is 13.8 Å². The molecule has 0 saturated heterocycles. The van der Waals surface area contributed by atoms with E-state index in [4.69, 9.17) is 21.1 Å². The molecule has 0 spiro atoms. The van der Waals surface area contributed by atoms with Gasteiger partial charge >= 0.3 is 0 Å². The summed E-state index contributed by atoms with van der Waals surface area (Å²) >= 11 is 6.18. The molecule has 1 aliphatic heterocycles. The number of benzene rings is 1. The predicted molar refractivity (Wildman–Crippen MR) is 98.3 cm³/mol. The Hall–Kier alpha value is -2.99. The molecule has 1 aliphatic rings. The number of hydrogen-bond acceptors (Lipinski definition) is 4. The van der Waals surface area contributed by atoms with Gasteiger partial charge < -0.3 is 14.4 Å². The lowest BCUT2D eigenvalue weighted by molar-refractivity contribution is -0.125. The summed E-state index contributed by atoms with van der Waals surface area (Å²) in [4.78, 5) is 18.3. The Balaban J connectivity index is 1.48. The molecule has 1 amide bonds. The van der Waals surface area contributed by atoms with Crippen molar-refractivity contribution in [3.63, 3.8) is 0 Å². The Morgan fingerprint density at radius 1 is 1.31 bits per heavy atom. The molecule has 4 rings (SSSR count). The summed E-state index contributed by atoms with van der Waals surface area (Å²) in [6, 6.07) is 11.3. The molecule has 7 heteroatoms. The maximum absolute atomic E-state index is 12.4. The SMILES string of the molecule is CN(Cc1ccc2c(c1)OCO2)C(=O)/C=C\c1c(Cl)nc2ccccn12. The summed E-state index contributed by atoms with van der Waals surface area (Å²) in [5.41, 5.74) is 2.37. The van der Waals surface area contributed by atoms with Crippen LogP contribution in [0, 0.1) is 0 Å². The van der Waals surface area contributed by atoms with Gasteiger partial charge in [0.15, 0.2) is 16.7 Å². The molecule has 3 heterocycles. The van der Waals surface area contributed by atoms with Gasteiger partial charge in [-0.1, -0.05) is 23.7 Å². The number of pyridine rings is 1. The molecule has 0 bridgehead atoms. The highest BCUT2D eigenvalue weighted by atomic mass is 35.5. The van der Waals surface area contributed by atoms with E-state index in [2.05, 4.69) is 4.98 Å². The third-order valence-corrected chi connectivity index (χ3v) is 4.42. The minimum atomic E-state index is -0.135. The topological polar surface area (TPSA) is 56.1 Å². The maximum atomic E-state index is 12.4. The molecular formula is C19H16ClN3O3. The number of nitrogens with zero attached hydrogens (tertiary/aromatic N) is 3. The van der Waals surface area contributed by atoms with Crippen molar-refractivity contribution in [3.05, 3.63) is 65.1 Å². The summed E-state index contributed by atoms with van der Waals surface area (Å²) < 4.78 is 12.5. The van der Waals surface area contributed by atoms with Crippen LogP contribution in [0.1, 0.15) is 11.3 Å². The highest BCUT2D eigenvalue weighted by Gasteiger charge is 2.15. The Bertz CT molecular complexity index is 1010. The van der Waals surface area contributed by atoms with E-state index in [1.807, 2.05) is 47.0 Å². The minimum Gasteiger partial charge on any atom is -0.454 e. The summed E-state index contributed by atoms with van der Waals surface area (Å²) in [5, 5.41) is 0.360. The number of carbonyl (C=O) groups is 1. The van der Waals surface area contributed by atoms with E-state index in [0.717, 1.165) is 17.0 Å². The molecule has 0 N–H and O–H groups in total. The fourth-order valence-corrected chi connectivity index (χ4v) is 3.04. The summed E-state index contributed by atoms with van der Waals surface area (Å²) in [5.74, 6) is 1.30. The number of rotatable bonds is 4. The van der Waals surface area contributed by atoms with Crippen molar-refractivity contribution in [3.8, 4) is 11.5 Å². The van der Waals surface area contributed by atoms with Crippen LogP contribution in [-0.2, 0) is 11.3 Å². The van der Waals surface area contributed by atoms with Crippen LogP contribution in [0.5, 0.6) is 11.5 Å². The molecule has 0 radical (unpaired) electrons. The summed E-state index contributed by atoms with van der Waals surface area (Å²) in [6.07, 6.45) is 5.03. The molecule has 132 valence electrons. The molecule has 26 heavy (non-hydrogen) atoms. The highest BCUT2D eigenvalue weighted by molar-refractivity contribution is 6.31. The quantitative estimate of drug-likeness (QED) is 0.661. The minimum absolute atomic E-state index is 0.135. The Morgan fingerprint density at radius 3 is 3.04 bits per heavy atom. The largest absolute Gasteiger partial charge is 0.454 e. The average molecular weight is 370 g/mol. The van der Waals surface area contributed by atoms with Crippen LogP contribution >= 0.6 is 11.6 Å². The molecule has 0 fully saturated rings. The van der Waals surface area contributed by atoms with Crippen molar-refractivity contribution in [1.29, 1.82) is 0 Å². The van der Waals surface area contributed by atoms with Crippen molar-refractivity contribution in [2.24, 2.45) is 0 Å². The lowest BCUT2D eigenvalue weighted by Gasteiger charge is -2.15. The van der Waals surface area contributed by atoms with Crippen LogP contribution in [0.4, 0.5) is 0 Å². The number of ether oxygens (including phenoxy) is 2. The number of halogens is 1. The molecule has 1 aromatic carbocycles.